The number of rotatable bonds is 8. The highest BCUT2D eigenvalue weighted by atomic mass is 16.5. The molecule has 2 rings (SSSR count). The van der Waals surface area contributed by atoms with Gasteiger partial charge in [-0.3, -0.25) is 9.36 Å². The zero-order chi connectivity index (χ0) is 21.4. The zero-order valence-corrected chi connectivity index (χ0v) is 16.6. The van der Waals surface area contributed by atoms with Crippen molar-refractivity contribution in [3.63, 3.8) is 0 Å². The molecular formula is C21H23NO7. The number of carbonyl (C=O) groups excluding carboxylic acids is 3. The third-order valence-corrected chi connectivity index (χ3v) is 3.94. The lowest BCUT2D eigenvalue weighted by Crippen LogP contribution is -2.33. The minimum absolute atomic E-state index is 0.00330. The fourth-order valence-corrected chi connectivity index (χ4v) is 2.76. The molecule has 154 valence electrons. The van der Waals surface area contributed by atoms with Gasteiger partial charge in [-0.15, -0.1) is 0 Å². The van der Waals surface area contributed by atoms with Crippen LogP contribution in [0.1, 0.15) is 57.5 Å². The van der Waals surface area contributed by atoms with Gasteiger partial charge in [0, 0.05) is 6.07 Å². The predicted molar refractivity (Wildman–Crippen MR) is 104 cm³/mol. The average Bonchev–Trinajstić information content (AvgIpc) is 2.70. The molecule has 0 amide bonds. The topological polar surface area (TPSA) is 101 Å². The number of ether oxygens (including phenoxy) is 3. The summed E-state index contributed by atoms with van der Waals surface area (Å²) in [5, 5.41) is 0. The van der Waals surface area contributed by atoms with Gasteiger partial charge in [0.05, 0.1) is 31.9 Å². The van der Waals surface area contributed by atoms with E-state index in [2.05, 4.69) is 0 Å². The summed E-state index contributed by atoms with van der Waals surface area (Å²) in [7, 11) is 0. The summed E-state index contributed by atoms with van der Waals surface area (Å²) in [5.41, 5.74) is -0.946. The Labute approximate surface area is 168 Å². The molecule has 8 nitrogen and oxygen atoms in total. The van der Waals surface area contributed by atoms with Gasteiger partial charge in [-0.2, -0.15) is 0 Å². The first-order valence-electron chi connectivity index (χ1n) is 9.27. The number of aromatic nitrogens is 1. The summed E-state index contributed by atoms with van der Waals surface area (Å²) in [6, 6.07) is 9.89. The molecule has 1 heterocycles. The number of benzene rings is 1. The maximum atomic E-state index is 12.8. The van der Waals surface area contributed by atoms with Crippen molar-refractivity contribution in [3.05, 3.63) is 69.1 Å². The normalized spacial score (nSPS) is 10.3. The molecule has 0 aliphatic carbocycles. The Hall–Kier alpha value is -3.42. The van der Waals surface area contributed by atoms with Gasteiger partial charge < -0.3 is 14.2 Å². The first kappa shape index (κ1) is 21.9. The first-order valence-corrected chi connectivity index (χ1v) is 9.27. The maximum Gasteiger partial charge on any atom is 0.355 e. The van der Waals surface area contributed by atoms with Crippen molar-refractivity contribution in [2.45, 2.75) is 27.3 Å². The SMILES string of the molecule is CCOC(=O)c1cc(=O)n(Cc2ccccc2)c(C(=O)OCC)c1C(=O)OCC. The molecule has 0 spiro atoms. The second-order valence-electron chi connectivity index (χ2n) is 5.85. The van der Waals surface area contributed by atoms with Crippen molar-refractivity contribution < 1.29 is 28.6 Å². The average molecular weight is 401 g/mol. The maximum absolute atomic E-state index is 12.8. The van der Waals surface area contributed by atoms with Crippen LogP contribution >= 0.6 is 0 Å². The highest BCUT2D eigenvalue weighted by molar-refractivity contribution is 6.09. The lowest BCUT2D eigenvalue weighted by Gasteiger charge is -2.18. The van der Waals surface area contributed by atoms with Crippen LogP contribution in [-0.2, 0) is 20.8 Å². The Kier molecular flexibility index (Phi) is 7.70. The van der Waals surface area contributed by atoms with Crippen molar-refractivity contribution in [2.75, 3.05) is 19.8 Å². The largest absolute Gasteiger partial charge is 0.462 e. The Morgan fingerprint density at radius 3 is 1.97 bits per heavy atom. The van der Waals surface area contributed by atoms with E-state index in [1.807, 2.05) is 6.07 Å². The molecule has 8 heteroatoms. The lowest BCUT2D eigenvalue weighted by atomic mass is 10.0. The van der Waals surface area contributed by atoms with Crippen molar-refractivity contribution in [3.8, 4) is 0 Å². The van der Waals surface area contributed by atoms with E-state index >= 15 is 0 Å². The van der Waals surface area contributed by atoms with Crippen LogP contribution in [0.2, 0.25) is 0 Å². The molecule has 2 aromatic rings. The van der Waals surface area contributed by atoms with E-state index in [-0.39, 0.29) is 43.2 Å². The van der Waals surface area contributed by atoms with Gasteiger partial charge in [0.2, 0.25) is 0 Å². The quantitative estimate of drug-likeness (QED) is 0.495. The van der Waals surface area contributed by atoms with Crippen LogP contribution in [0.25, 0.3) is 0 Å². The molecule has 0 bridgehead atoms. The van der Waals surface area contributed by atoms with Crippen molar-refractivity contribution in [1.82, 2.24) is 4.57 Å². The molecule has 29 heavy (non-hydrogen) atoms. The van der Waals surface area contributed by atoms with Gasteiger partial charge in [0.1, 0.15) is 11.3 Å². The van der Waals surface area contributed by atoms with E-state index in [1.54, 1.807) is 45.0 Å². The van der Waals surface area contributed by atoms with E-state index in [0.717, 1.165) is 16.2 Å². The number of hydrogen-bond donors (Lipinski definition) is 0. The number of hydrogen-bond acceptors (Lipinski definition) is 7. The van der Waals surface area contributed by atoms with E-state index < -0.39 is 23.5 Å². The summed E-state index contributed by atoms with van der Waals surface area (Å²) in [6.07, 6.45) is 0. The third-order valence-electron chi connectivity index (χ3n) is 3.94. The van der Waals surface area contributed by atoms with E-state index in [0.29, 0.717) is 0 Å². The van der Waals surface area contributed by atoms with Gasteiger partial charge in [-0.05, 0) is 26.3 Å². The van der Waals surface area contributed by atoms with Gasteiger partial charge in [0.15, 0.2) is 0 Å². The van der Waals surface area contributed by atoms with Gasteiger partial charge in [-0.25, -0.2) is 14.4 Å². The highest BCUT2D eigenvalue weighted by Crippen LogP contribution is 2.19. The summed E-state index contributed by atoms with van der Waals surface area (Å²) in [5.74, 6) is -2.72. The molecule has 0 atom stereocenters. The van der Waals surface area contributed by atoms with Gasteiger partial charge >= 0.3 is 17.9 Å². The van der Waals surface area contributed by atoms with Crippen LogP contribution < -0.4 is 5.56 Å². The molecule has 0 radical (unpaired) electrons. The Bertz CT molecular complexity index is 947. The summed E-state index contributed by atoms with van der Waals surface area (Å²) in [4.78, 5) is 50.6. The molecule has 0 fully saturated rings. The van der Waals surface area contributed by atoms with Crippen LogP contribution in [0.5, 0.6) is 0 Å². The number of pyridine rings is 1. The molecule has 0 aliphatic rings. The zero-order valence-electron chi connectivity index (χ0n) is 16.6. The number of carbonyl (C=O) groups is 3. The van der Waals surface area contributed by atoms with E-state index in [1.165, 1.54) is 0 Å². The monoisotopic (exact) mass is 401 g/mol. The smallest absolute Gasteiger partial charge is 0.355 e. The molecule has 0 N–H and O–H groups in total. The van der Waals surface area contributed by atoms with E-state index in [9.17, 15) is 19.2 Å². The van der Waals surface area contributed by atoms with Crippen LogP contribution in [0.3, 0.4) is 0 Å². The minimum atomic E-state index is -0.916. The summed E-state index contributed by atoms with van der Waals surface area (Å²) < 4.78 is 16.2. The molecular weight excluding hydrogens is 378 g/mol. The van der Waals surface area contributed by atoms with Crippen molar-refractivity contribution >= 4 is 17.9 Å². The molecule has 0 unspecified atom stereocenters. The summed E-state index contributed by atoms with van der Waals surface area (Å²) >= 11 is 0. The molecule has 0 saturated heterocycles. The lowest BCUT2D eigenvalue weighted by molar-refractivity contribution is 0.0449. The van der Waals surface area contributed by atoms with Gasteiger partial charge in [0.25, 0.3) is 5.56 Å². The third kappa shape index (κ3) is 5.10. The number of nitrogens with zero attached hydrogens (tertiary/aromatic N) is 1. The fraction of sp³-hybridized carbons (Fsp3) is 0.333. The molecule has 0 aliphatic heterocycles. The highest BCUT2D eigenvalue weighted by Gasteiger charge is 2.31. The first-order chi connectivity index (χ1) is 13.9. The van der Waals surface area contributed by atoms with Crippen molar-refractivity contribution in [1.29, 1.82) is 0 Å². The van der Waals surface area contributed by atoms with E-state index in [4.69, 9.17) is 14.2 Å². The Balaban J connectivity index is 2.80. The second kappa shape index (κ2) is 10.2. The fourth-order valence-electron chi connectivity index (χ4n) is 2.76. The van der Waals surface area contributed by atoms with Crippen LogP contribution in [0.15, 0.2) is 41.2 Å². The number of esters is 3. The van der Waals surface area contributed by atoms with Crippen LogP contribution in [0, 0.1) is 0 Å². The molecule has 0 saturated carbocycles. The van der Waals surface area contributed by atoms with Crippen molar-refractivity contribution in [2.24, 2.45) is 0 Å². The summed E-state index contributed by atoms with van der Waals surface area (Å²) in [6.45, 7) is 4.84. The van der Waals surface area contributed by atoms with Crippen LogP contribution in [0.4, 0.5) is 0 Å². The second-order valence-corrected chi connectivity index (χ2v) is 5.85. The van der Waals surface area contributed by atoms with Gasteiger partial charge in [-0.1, -0.05) is 30.3 Å². The Morgan fingerprint density at radius 2 is 1.38 bits per heavy atom. The Morgan fingerprint density at radius 1 is 0.828 bits per heavy atom. The predicted octanol–water partition coefficient (Wildman–Crippen LogP) is 2.43. The molecule has 1 aromatic heterocycles. The standard InChI is InChI=1S/C21H23NO7/c1-4-27-19(24)15-12-16(23)22(13-14-10-8-7-9-11-14)18(21(26)29-6-3)17(15)20(25)28-5-2/h7-12H,4-6,13H2,1-3H3. The minimum Gasteiger partial charge on any atom is -0.462 e. The van der Waals surface area contributed by atoms with Crippen LogP contribution in [-0.4, -0.2) is 42.3 Å². The molecule has 1 aromatic carbocycles.